The van der Waals surface area contributed by atoms with Gasteiger partial charge >= 0.3 is 322 Å². The van der Waals surface area contributed by atoms with Crippen molar-refractivity contribution in [1.29, 1.82) is 0 Å². The van der Waals surface area contributed by atoms with Gasteiger partial charge in [-0.3, -0.25) is 0 Å². The summed E-state index contributed by atoms with van der Waals surface area (Å²) < 4.78 is 0. The average molecular weight is 770 g/mol. The van der Waals surface area contributed by atoms with Crippen LogP contribution in [0.15, 0.2) is 194 Å². The number of hydrogen-bond donors (Lipinski definition) is 0. The molecule has 0 heterocycles. The summed E-state index contributed by atoms with van der Waals surface area (Å²) in [5.41, 5.74) is 16.1. The van der Waals surface area contributed by atoms with E-state index in [0.29, 0.717) is 0 Å². The first kappa shape index (κ1) is 36.6. The van der Waals surface area contributed by atoms with Crippen LogP contribution >= 0.6 is 6.60 Å². The van der Waals surface area contributed by atoms with Crippen molar-refractivity contribution < 1.29 is 0 Å². The summed E-state index contributed by atoms with van der Waals surface area (Å²) in [5, 5.41) is 4.22. The molecule has 0 saturated carbocycles. The quantitative estimate of drug-likeness (QED) is 0.139. The Kier molecular flexibility index (Phi) is 8.46. The average Bonchev–Trinajstić information content (AvgIpc) is 3.64. The molecule has 10 rings (SSSR count). The molecule has 7 aromatic carbocycles. The topological polar surface area (TPSA) is 3.24 Å². The van der Waals surface area contributed by atoms with Crippen molar-refractivity contribution in [3.05, 3.63) is 221 Å². The third-order valence-corrected chi connectivity index (χ3v) is 20.3. The van der Waals surface area contributed by atoms with Crippen LogP contribution < -0.4 is 20.8 Å². The second kappa shape index (κ2) is 13.4. The van der Waals surface area contributed by atoms with Gasteiger partial charge < -0.3 is 0 Å². The number of allylic oxidation sites excluding steroid dienone is 4. The zero-order chi connectivity index (χ0) is 39.7. The maximum absolute atomic E-state index is 2.99. The Morgan fingerprint density at radius 1 is 0.483 bits per heavy atom. The SMILES string of the molecule is CC1(C)C2=C(CCC=C2)c2ccc(N(c3ccc(CP(C)(c4ccccc4)(c4ccccc4)c4ccccc4)cc3)c3ccc4c(c3)C(C)(C)c3ccccc3-4)cc21. The van der Waals surface area contributed by atoms with E-state index in [-0.39, 0.29) is 10.8 Å². The Labute approximate surface area is 345 Å². The molecule has 3 aliphatic carbocycles. The number of hydrogen-bond acceptors (Lipinski definition) is 1. The summed E-state index contributed by atoms with van der Waals surface area (Å²) in [5.74, 6) is 0. The predicted octanol–water partition coefficient (Wildman–Crippen LogP) is 13.5. The molecule has 7 aromatic rings. The molecule has 1 nitrogen and oxygen atoms in total. The van der Waals surface area contributed by atoms with E-state index in [4.69, 9.17) is 0 Å². The van der Waals surface area contributed by atoms with E-state index in [0.717, 1.165) is 19.0 Å². The molecular weight excluding hydrogens is 718 g/mol. The minimum absolute atomic E-state index is 0.0515. The van der Waals surface area contributed by atoms with E-state index in [2.05, 4.69) is 227 Å². The summed E-state index contributed by atoms with van der Waals surface area (Å²) in [6.45, 7) is 9.16. The molecule has 0 radical (unpaired) electrons. The van der Waals surface area contributed by atoms with Gasteiger partial charge in [0.2, 0.25) is 0 Å². The normalized spacial score (nSPS) is 16.5. The van der Waals surface area contributed by atoms with E-state index in [1.807, 2.05) is 0 Å². The zero-order valence-corrected chi connectivity index (χ0v) is 35.3. The van der Waals surface area contributed by atoms with Crippen LogP contribution in [-0.2, 0) is 17.0 Å². The van der Waals surface area contributed by atoms with Crippen molar-refractivity contribution in [3.63, 3.8) is 0 Å². The minimum atomic E-state index is -2.99. The van der Waals surface area contributed by atoms with Gasteiger partial charge in [0.25, 0.3) is 0 Å². The molecule has 0 aliphatic heterocycles. The van der Waals surface area contributed by atoms with Gasteiger partial charge in [0.05, 0.1) is 0 Å². The van der Waals surface area contributed by atoms with E-state index < -0.39 is 6.60 Å². The first-order valence-electron chi connectivity index (χ1n) is 20.9. The maximum atomic E-state index is 2.57. The van der Waals surface area contributed by atoms with Crippen molar-refractivity contribution in [2.24, 2.45) is 0 Å². The molecule has 0 spiro atoms. The second-order valence-corrected chi connectivity index (χ2v) is 23.5. The summed E-state index contributed by atoms with van der Waals surface area (Å²) in [4.78, 5) is 2.50. The Hall–Kier alpha value is -5.75. The van der Waals surface area contributed by atoms with Crippen LogP contribution in [0, 0.1) is 0 Å². The van der Waals surface area contributed by atoms with Crippen LogP contribution in [0.1, 0.15) is 68.4 Å². The van der Waals surface area contributed by atoms with Gasteiger partial charge in [0.1, 0.15) is 0 Å². The molecule has 0 saturated heterocycles. The summed E-state index contributed by atoms with van der Waals surface area (Å²) in [6.07, 6.45) is 7.90. The van der Waals surface area contributed by atoms with Crippen LogP contribution in [0.2, 0.25) is 0 Å². The number of fused-ring (bicyclic) bond motifs is 5. The summed E-state index contributed by atoms with van der Waals surface area (Å²) in [7, 11) is 0. The van der Waals surface area contributed by atoms with Crippen LogP contribution in [0.3, 0.4) is 0 Å². The first-order valence-corrected chi connectivity index (χ1v) is 23.8. The predicted molar refractivity (Wildman–Crippen MR) is 252 cm³/mol. The Morgan fingerprint density at radius 3 is 1.55 bits per heavy atom. The fourth-order valence-electron chi connectivity index (χ4n) is 10.8. The molecule has 0 aromatic heterocycles. The molecule has 0 unspecified atom stereocenters. The van der Waals surface area contributed by atoms with Gasteiger partial charge in [0.15, 0.2) is 0 Å². The third kappa shape index (κ3) is 5.40. The second-order valence-electron chi connectivity index (χ2n) is 18.1. The standard InChI is InChI=1S/C56H52NP/c1-55(2)51-27-17-15-25-47(51)49-35-33-42(37-53(49)55)57(43-34-36-50-48-26-16-18-28-52(48)56(3,4)54(50)38-43)41-31-29-40(30-32-41)39-58(5,44-19-9-6-10-20-44,45-21-11-7-12-22-45)46-23-13-8-14-24-46/h6-15,17-25,27-38H,16,26,39H2,1-5H3. The fraction of sp³-hybridized carbons (Fsp3) is 0.179. The van der Waals surface area contributed by atoms with E-state index >= 15 is 0 Å². The van der Waals surface area contributed by atoms with Crippen LogP contribution in [0.4, 0.5) is 17.1 Å². The summed E-state index contributed by atoms with van der Waals surface area (Å²) in [6, 6.07) is 66.8. The molecule has 0 atom stereocenters. The van der Waals surface area contributed by atoms with Gasteiger partial charge in [-0.25, -0.2) is 0 Å². The van der Waals surface area contributed by atoms with Crippen LogP contribution in [0.25, 0.3) is 16.7 Å². The van der Waals surface area contributed by atoms with Crippen LogP contribution in [0.5, 0.6) is 0 Å². The van der Waals surface area contributed by atoms with Gasteiger partial charge in [-0.1, -0.05) is 18.2 Å². The van der Waals surface area contributed by atoms with Crippen molar-refractivity contribution in [1.82, 2.24) is 0 Å². The number of rotatable bonds is 8. The Morgan fingerprint density at radius 2 is 0.966 bits per heavy atom. The van der Waals surface area contributed by atoms with Crippen molar-refractivity contribution in [2.75, 3.05) is 11.6 Å². The number of anilines is 3. The molecule has 0 bridgehead atoms. The fourth-order valence-corrected chi connectivity index (χ4v) is 16.3. The molecular formula is C56H52NP. The Balaban J connectivity index is 1.12. The molecule has 286 valence electrons. The number of nitrogens with zero attached hydrogens (tertiary/aromatic N) is 1. The summed E-state index contributed by atoms with van der Waals surface area (Å²) >= 11 is 0. The van der Waals surface area contributed by atoms with Gasteiger partial charge in [-0.05, 0) is 6.42 Å². The first-order chi connectivity index (χ1) is 28.1. The van der Waals surface area contributed by atoms with Gasteiger partial charge in [0, 0.05) is 0 Å². The van der Waals surface area contributed by atoms with Crippen LogP contribution in [-0.4, -0.2) is 6.66 Å². The molecule has 0 fully saturated rings. The van der Waals surface area contributed by atoms with E-state index in [1.54, 1.807) is 0 Å². The number of benzene rings is 7. The third-order valence-electron chi connectivity index (χ3n) is 14.1. The zero-order valence-electron chi connectivity index (χ0n) is 34.4. The Bertz CT molecular complexity index is 2660. The molecule has 0 N–H and O–H groups in total. The van der Waals surface area contributed by atoms with Crippen molar-refractivity contribution in [3.8, 4) is 11.1 Å². The molecule has 0 amide bonds. The van der Waals surface area contributed by atoms with Gasteiger partial charge in [-0.2, -0.15) is 0 Å². The molecule has 2 heteroatoms. The van der Waals surface area contributed by atoms with Crippen molar-refractivity contribution >= 4 is 45.2 Å². The van der Waals surface area contributed by atoms with Crippen molar-refractivity contribution in [2.45, 2.75) is 57.5 Å². The molecule has 3 aliphatic rings. The van der Waals surface area contributed by atoms with E-state index in [1.165, 1.54) is 83.1 Å². The monoisotopic (exact) mass is 769 g/mol. The molecule has 58 heavy (non-hydrogen) atoms. The van der Waals surface area contributed by atoms with E-state index in [9.17, 15) is 0 Å². The van der Waals surface area contributed by atoms with Gasteiger partial charge in [-0.15, -0.1) is 0 Å².